The lowest BCUT2D eigenvalue weighted by Gasteiger charge is -2.26. The van der Waals surface area contributed by atoms with Gasteiger partial charge in [0.1, 0.15) is 5.69 Å². The number of alkyl halides is 3. The van der Waals surface area contributed by atoms with Gasteiger partial charge < -0.3 is 20.3 Å². The molecule has 1 aromatic heterocycles. The van der Waals surface area contributed by atoms with Gasteiger partial charge in [-0.3, -0.25) is 5.32 Å². The molecule has 1 aromatic rings. The minimum atomic E-state index is -1.70. The van der Waals surface area contributed by atoms with E-state index in [0.29, 0.717) is 17.5 Å². The molecule has 1 unspecified atom stereocenters. The smallest absolute Gasteiger partial charge is 0.247 e. The predicted octanol–water partition coefficient (Wildman–Crippen LogP) is 2.59. The summed E-state index contributed by atoms with van der Waals surface area (Å²) in [6.45, 7) is 4.18. The molecule has 0 radical (unpaired) electrons. The zero-order chi connectivity index (χ0) is 20.0. The van der Waals surface area contributed by atoms with Crippen LogP contribution in [0.2, 0.25) is 0 Å². The summed E-state index contributed by atoms with van der Waals surface area (Å²) in [5.41, 5.74) is 0.634. The van der Waals surface area contributed by atoms with E-state index in [2.05, 4.69) is 35.8 Å². The Morgan fingerprint density at radius 1 is 1.29 bits per heavy atom. The number of nitrogens with zero attached hydrogens (tertiary/aromatic N) is 4. The lowest BCUT2D eigenvalue weighted by atomic mass is 10.4. The van der Waals surface area contributed by atoms with Gasteiger partial charge in [-0.15, -0.1) is 0 Å². The van der Waals surface area contributed by atoms with E-state index in [9.17, 15) is 0 Å². The van der Waals surface area contributed by atoms with Crippen LogP contribution in [0.5, 0.6) is 5.88 Å². The minimum absolute atomic E-state index is 0.190. The first-order valence-corrected chi connectivity index (χ1v) is 10.3. The summed E-state index contributed by atoms with van der Waals surface area (Å²) in [5, 5.41) is 9.32. The second kappa shape index (κ2) is 9.93. The molecule has 1 saturated heterocycles. The van der Waals surface area contributed by atoms with Gasteiger partial charge in [0.2, 0.25) is 15.6 Å². The molecule has 3 rings (SSSR count). The number of rotatable bonds is 7. The number of pyridine rings is 1. The number of amidine groups is 1. The van der Waals surface area contributed by atoms with Crippen molar-refractivity contribution in [1.29, 1.82) is 0 Å². The summed E-state index contributed by atoms with van der Waals surface area (Å²) < 4.78 is 3.55. The van der Waals surface area contributed by atoms with E-state index in [1.165, 1.54) is 25.9 Å². The summed E-state index contributed by atoms with van der Waals surface area (Å²) in [4.78, 5) is 15.5. The molecule has 8 nitrogen and oxygen atoms in total. The molecule has 154 valence electrons. The number of aliphatic imine (C=N–C) groups is 2. The van der Waals surface area contributed by atoms with Crippen LogP contribution in [0.15, 0.2) is 28.3 Å². The SMILES string of the molecule is COc1ncccc1NC1=NC(NCCCN2CCCC2)N=C(C(Cl)(Cl)Cl)N1. The molecule has 1 fully saturated rings. The Hall–Kier alpha value is -1.32. The van der Waals surface area contributed by atoms with Crippen molar-refractivity contribution in [3.05, 3.63) is 18.3 Å². The second-order valence-electron chi connectivity index (χ2n) is 6.49. The van der Waals surface area contributed by atoms with Crippen LogP contribution in [0.3, 0.4) is 0 Å². The van der Waals surface area contributed by atoms with Crippen LogP contribution in [-0.4, -0.2) is 65.1 Å². The van der Waals surface area contributed by atoms with Crippen LogP contribution in [0.1, 0.15) is 19.3 Å². The molecule has 28 heavy (non-hydrogen) atoms. The molecule has 0 saturated carbocycles. The zero-order valence-corrected chi connectivity index (χ0v) is 17.9. The maximum Gasteiger partial charge on any atom is 0.247 e. The van der Waals surface area contributed by atoms with Crippen molar-refractivity contribution >= 4 is 52.3 Å². The van der Waals surface area contributed by atoms with E-state index in [-0.39, 0.29) is 5.84 Å². The number of likely N-dealkylation sites (tertiary alicyclic amines) is 1. The number of hydrogen-bond donors (Lipinski definition) is 3. The Balaban J connectivity index is 1.63. The number of halogens is 3. The lowest BCUT2D eigenvalue weighted by Crippen LogP contribution is -2.49. The molecule has 0 aliphatic carbocycles. The van der Waals surface area contributed by atoms with Crippen LogP contribution in [0.4, 0.5) is 5.69 Å². The molecule has 2 aliphatic heterocycles. The van der Waals surface area contributed by atoms with Crippen LogP contribution in [-0.2, 0) is 0 Å². The van der Waals surface area contributed by atoms with Crippen molar-refractivity contribution in [2.45, 2.75) is 29.3 Å². The van der Waals surface area contributed by atoms with Gasteiger partial charge in [0.05, 0.1) is 7.11 Å². The Labute approximate surface area is 179 Å². The number of aromatic nitrogens is 1. The summed E-state index contributed by atoms with van der Waals surface area (Å²) in [7, 11) is 1.54. The normalized spacial score (nSPS) is 20.4. The Morgan fingerprint density at radius 2 is 2.07 bits per heavy atom. The lowest BCUT2D eigenvalue weighted by molar-refractivity contribution is 0.328. The van der Waals surface area contributed by atoms with E-state index in [1.807, 2.05) is 6.07 Å². The van der Waals surface area contributed by atoms with Gasteiger partial charge >= 0.3 is 0 Å². The Bertz CT molecular complexity index is 717. The number of hydrogen-bond acceptors (Lipinski definition) is 8. The van der Waals surface area contributed by atoms with Crippen molar-refractivity contribution in [3.63, 3.8) is 0 Å². The van der Waals surface area contributed by atoms with E-state index in [0.717, 1.165) is 19.5 Å². The maximum absolute atomic E-state index is 6.03. The molecule has 0 aromatic carbocycles. The second-order valence-corrected chi connectivity index (χ2v) is 8.77. The number of guanidine groups is 1. The monoisotopic (exact) mass is 447 g/mol. The maximum atomic E-state index is 6.03. The summed E-state index contributed by atoms with van der Waals surface area (Å²) in [6.07, 6.45) is 4.65. The Kier molecular flexibility index (Phi) is 7.59. The molecule has 11 heteroatoms. The molecular formula is C17H24Cl3N7O. The molecule has 0 amide bonds. The first-order valence-electron chi connectivity index (χ1n) is 9.17. The van der Waals surface area contributed by atoms with Gasteiger partial charge in [0.25, 0.3) is 0 Å². The minimum Gasteiger partial charge on any atom is -0.480 e. The van der Waals surface area contributed by atoms with Gasteiger partial charge in [-0.05, 0) is 51.0 Å². The van der Waals surface area contributed by atoms with Crippen LogP contribution >= 0.6 is 34.8 Å². The summed E-state index contributed by atoms with van der Waals surface area (Å²) in [6, 6.07) is 3.60. The number of nitrogens with one attached hydrogen (secondary N) is 3. The fraction of sp³-hybridized carbons (Fsp3) is 0.588. The number of methoxy groups -OCH3 is 1. The van der Waals surface area contributed by atoms with Gasteiger partial charge in [-0.1, -0.05) is 34.8 Å². The summed E-state index contributed by atoms with van der Waals surface area (Å²) >= 11 is 18.1. The molecule has 0 spiro atoms. The first kappa shape index (κ1) is 21.4. The molecule has 2 aliphatic rings. The van der Waals surface area contributed by atoms with Crippen LogP contribution in [0.25, 0.3) is 0 Å². The van der Waals surface area contributed by atoms with Crippen LogP contribution in [0, 0.1) is 0 Å². The fourth-order valence-corrected chi connectivity index (χ4v) is 3.35. The highest BCUT2D eigenvalue weighted by atomic mass is 35.6. The van der Waals surface area contributed by atoms with Gasteiger partial charge in [0, 0.05) is 12.7 Å². The summed E-state index contributed by atoms with van der Waals surface area (Å²) in [5.74, 6) is 1.01. The van der Waals surface area contributed by atoms with E-state index < -0.39 is 10.1 Å². The number of ether oxygens (including phenoxy) is 1. The van der Waals surface area contributed by atoms with Crippen molar-refractivity contribution in [2.75, 3.05) is 38.6 Å². The van der Waals surface area contributed by atoms with Crippen molar-refractivity contribution in [1.82, 2.24) is 20.5 Å². The first-order chi connectivity index (χ1) is 13.5. The predicted molar refractivity (Wildman–Crippen MR) is 115 cm³/mol. The number of anilines is 1. The van der Waals surface area contributed by atoms with Crippen molar-refractivity contribution in [3.8, 4) is 5.88 Å². The average molecular weight is 449 g/mol. The highest BCUT2D eigenvalue weighted by Gasteiger charge is 2.32. The Morgan fingerprint density at radius 3 is 2.79 bits per heavy atom. The van der Waals surface area contributed by atoms with E-state index in [4.69, 9.17) is 39.5 Å². The van der Waals surface area contributed by atoms with Crippen molar-refractivity contribution in [2.24, 2.45) is 9.98 Å². The highest BCUT2D eigenvalue weighted by molar-refractivity contribution is 6.77. The topological polar surface area (TPSA) is 86.2 Å². The molecule has 3 heterocycles. The molecule has 1 atom stereocenters. The average Bonchev–Trinajstić information content (AvgIpc) is 3.18. The molecule has 3 N–H and O–H groups in total. The third-order valence-electron chi connectivity index (χ3n) is 4.40. The van der Waals surface area contributed by atoms with E-state index in [1.54, 1.807) is 19.4 Å². The molecule has 0 bridgehead atoms. The van der Waals surface area contributed by atoms with Crippen LogP contribution < -0.4 is 20.7 Å². The van der Waals surface area contributed by atoms with Crippen molar-refractivity contribution < 1.29 is 4.74 Å². The quantitative estimate of drug-likeness (QED) is 0.439. The van der Waals surface area contributed by atoms with Gasteiger partial charge in [-0.25, -0.2) is 15.0 Å². The van der Waals surface area contributed by atoms with Gasteiger partial charge in [0.15, 0.2) is 12.1 Å². The molecular weight excluding hydrogens is 425 g/mol. The fourth-order valence-electron chi connectivity index (χ4n) is 3.07. The largest absolute Gasteiger partial charge is 0.480 e. The van der Waals surface area contributed by atoms with Gasteiger partial charge in [-0.2, -0.15) is 0 Å². The van der Waals surface area contributed by atoms with E-state index >= 15 is 0 Å². The third-order valence-corrected chi connectivity index (χ3v) is 4.94. The highest BCUT2D eigenvalue weighted by Crippen LogP contribution is 2.28. The third kappa shape index (κ3) is 6.09. The standard InChI is InChI=1S/C17H24Cl3N7O/c1-28-13-12(6-4-7-21-13)23-16-25-14(17(18,19)20)24-15(26-16)22-8-5-11-27-9-2-3-10-27/h4,6-7,15,22H,2-3,5,8-11H2,1H3,(H2,23,24,25,26). The zero-order valence-electron chi connectivity index (χ0n) is 15.6.